The van der Waals surface area contributed by atoms with E-state index in [2.05, 4.69) is 26.6 Å². The molecule has 0 aliphatic carbocycles. The Kier molecular flexibility index (Phi) is 48.7. The zero-order chi connectivity index (χ0) is 95.8. The van der Waals surface area contributed by atoms with Crippen molar-refractivity contribution in [1.82, 2.24) is 26.6 Å². The van der Waals surface area contributed by atoms with Gasteiger partial charge in [-0.3, -0.25) is 38.4 Å². The van der Waals surface area contributed by atoms with Crippen molar-refractivity contribution in [2.75, 3.05) is 79.1 Å². The van der Waals surface area contributed by atoms with Crippen LogP contribution in [0.25, 0.3) is 0 Å². The van der Waals surface area contributed by atoms with Crippen LogP contribution in [0, 0.1) is 0 Å². The van der Waals surface area contributed by atoms with Crippen LogP contribution in [0.4, 0.5) is 0 Å². The first kappa shape index (κ1) is 112. The van der Waals surface area contributed by atoms with E-state index in [9.17, 15) is 156 Å². The van der Waals surface area contributed by atoms with Gasteiger partial charge in [-0.05, 0) is 64.7 Å². The van der Waals surface area contributed by atoms with Crippen LogP contribution in [0.1, 0.15) is 149 Å². The van der Waals surface area contributed by atoms with Crippen LogP contribution in [0.15, 0.2) is 0 Å². The maximum atomic E-state index is 13.8. The Morgan fingerprint density at radius 3 is 1.02 bits per heavy atom. The summed E-state index contributed by atoms with van der Waals surface area (Å²) in [4.78, 5) is 106. The minimum atomic E-state index is -2.02. The van der Waals surface area contributed by atoms with Crippen molar-refractivity contribution in [1.29, 1.82) is 0 Å². The maximum Gasteiger partial charge on any atom is 0.242 e. The number of Topliss-reactive ketones (excluding diaryl/α,β-unsaturated/α-hetero) is 3. The number of carbonyl (C=O) groups excluding carboxylic acids is 8. The molecule has 0 aromatic rings. The molecule has 0 spiro atoms. The van der Waals surface area contributed by atoms with Crippen molar-refractivity contribution >= 4 is 46.9 Å². The van der Waals surface area contributed by atoms with Crippen LogP contribution in [-0.2, 0) is 105 Å². The number of rotatable bonds is 56. The average molecular weight is 1890 g/mol. The van der Waals surface area contributed by atoms with Crippen LogP contribution in [0.3, 0.4) is 0 Å². The van der Waals surface area contributed by atoms with E-state index in [1.807, 2.05) is 0 Å². The predicted molar refractivity (Wildman–Crippen MR) is 429 cm³/mol. The Morgan fingerprint density at radius 2 is 0.600 bits per heavy atom. The fraction of sp³-hybridized carbons (Fsp3) is 0.900. The number of aliphatic hydroxyl groups excluding tert-OH is 23. The molecule has 50 heteroatoms. The van der Waals surface area contributed by atoms with Gasteiger partial charge in [0, 0.05) is 77.4 Å². The number of ether oxygens (including phenoxy) is 14. The molecule has 0 bridgehead atoms. The molecule has 0 unspecified atom stereocenters. The van der Waals surface area contributed by atoms with Crippen molar-refractivity contribution in [3.8, 4) is 0 Å². The van der Waals surface area contributed by atoms with E-state index in [0.717, 1.165) is 0 Å². The Balaban J connectivity index is 0.853. The largest absolute Gasteiger partial charge is 0.394 e. The van der Waals surface area contributed by atoms with Crippen LogP contribution < -0.4 is 26.6 Å². The summed E-state index contributed by atoms with van der Waals surface area (Å²) in [6, 6.07) is -2.48. The van der Waals surface area contributed by atoms with Crippen LogP contribution in [0.2, 0.25) is 0 Å². The number of carbonyl (C=O) groups is 8. The molecule has 7 heterocycles. The molecule has 7 rings (SSSR count). The number of ketones is 3. The van der Waals surface area contributed by atoms with E-state index < -0.39 is 302 Å². The number of aliphatic hydroxyl groups is 23. The summed E-state index contributed by atoms with van der Waals surface area (Å²) in [7, 11) is 0. The first-order valence-corrected chi connectivity index (χ1v) is 44.2. The third kappa shape index (κ3) is 33.1. The number of nitrogens with one attached hydrogen (secondary N) is 5. The number of hydrogen-bond donors (Lipinski definition) is 28. The topological polar surface area (TPSA) is 791 Å². The molecule has 752 valence electrons. The minimum Gasteiger partial charge on any atom is -0.394 e. The molecule has 130 heavy (non-hydrogen) atoms. The second-order valence-electron chi connectivity index (χ2n) is 33.3. The molecule has 0 radical (unpaired) electrons. The summed E-state index contributed by atoms with van der Waals surface area (Å²) in [6.07, 6.45) is -57.4. The van der Waals surface area contributed by atoms with Crippen molar-refractivity contribution in [2.45, 2.75) is 376 Å². The Morgan fingerprint density at radius 1 is 0.285 bits per heavy atom. The lowest BCUT2D eigenvalue weighted by Crippen LogP contribution is -2.65. The van der Waals surface area contributed by atoms with E-state index >= 15 is 0 Å². The molecular weight excluding hydrogens is 1750 g/mol. The molecule has 7 saturated heterocycles. The summed E-state index contributed by atoms with van der Waals surface area (Å²) in [5.41, 5.74) is 0. The SMILES string of the molecule is CCC(=O)CCCCC(=O)N[C@@H](CCC(=O)CCCCCCC(=O)NCCO[C@H]1O[C@H](CO[C@H]2O[C@H](CO)[C@@H](O)[C@H](O)[C@@H]2O)[C@@H](O)[C@H](O[C@H]2O[C@H](CO)[C@@H](O)[C@H](O)[C@@H]2O)[C@@H]1O)C(=O)NCCCCCC(=O)N[C@@H](CCC(=O)CCCO[C@H]1O[C@H](CO[C@H]2O[C@H](CO)[C@@H](O)[C@H](O)[C@@H]2O)[C@@H](O)[C@H](O[C@H]2O[C@H](CO)[C@@H](O)[C@H](O)[C@@H]2O)[C@@H]1O)C(=O)NCCO[C@@H]1O[C@@H](C)[C@@H](O)[C@@H](O)[C@@H]1O. The summed E-state index contributed by atoms with van der Waals surface area (Å²) >= 11 is 0. The van der Waals surface area contributed by atoms with Crippen molar-refractivity contribution in [2.24, 2.45) is 0 Å². The van der Waals surface area contributed by atoms with Gasteiger partial charge in [0.25, 0.3) is 0 Å². The second kappa shape index (κ2) is 56.5. The van der Waals surface area contributed by atoms with Crippen LogP contribution in [-0.4, -0.2) is 470 Å². The van der Waals surface area contributed by atoms with Crippen molar-refractivity contribution in [3.63, 3.8) is 0 Å². The summed E-state index contributed by atoms with van der Waals surface area (Å²) in [5.74, 6) is -3.53. The standard InChI is InChI=1S/C80H137N5O45/c1-3-37(90)14-10-11-19-50(95)84-40(22-20-38(91)15-7-4-5-8-17-48(93)81-25-28-119-78-69(114)71(130-80-67(112)62(107)55(100)45(33-89)126-80)57(102)47(128-78)35-121-76-65(110)60(105)53(98)43(31-87)124-76)72(115)82-24-12-6-9-18-49(94)85-41(73(116)83-26-29-118-74-63(108)58(103)51(96)36(2)122-74)23-21-39(92)16-13-27-117-77-68(113)70(129-79-66(111)61(106)54(99)44(32-88)125-79)56(101)46(127-77)34-120-75-64(109)59(104)52(97)42(30-86)123-75/h36,40-47,51-71,74-80,86-89,96-114H,3-35H2,1-2H3,(H,81,93)(H,82,115)(H,83,116)(H,84,95)(H,85,94)/t36-,40-,41-,42+,43+,44+,45+,46+,47+,51+,52+,53+,54+,55+,56+,57+,58+,59-,60-,61-,62-,63-,64-,65-,66-,67-,68-,69-,70-,71-,74+,75-,76-,77-,78-,79+,80+/m0/s1. The molecular formula is C80H137N5O45. The van der Waals surface area contributed by atoms with E-state index in [1.165, 1.54) is 6.92 Å². The van der Waals surface area contributed by atoms with Gasteiger partial charge >= 0.3 is 0 Å². The number of unbranched alkanes of at least 4 members (excludes halogenated alkanes) is 6. The Labute approximate surface area is 747 Å². The Bertz CT molecular complexity index is 3370. The van der Waals surface area contributed by atoms with Gasteiger partial charge in [0.1, 0.15) is 194 Å². The third-order valence-corrected chi connectivity index (χ3v) is 23.4. The molecule has 0 saturated carbocycles. The molecule has 7 aliphatic rings. The maximum absolute atomic E-state index is 13.8. The lowest BCUT2D eigenvalue weighted by atomic mass is 9.96. The van der Waals surface area contributed by atoms with Gasteiger partial charge in [-0.1, -0.05) is 26.2 Å². The molecule has 50 nitrogen and oxygen atoms in total. The first-order valence-electron chi connectivity index (χ1n) is 44.2. The molecule has 0 aromatic heterocycles. The van der Waals surface area contributed by atoms with E-state index in [0.29, 0.717) is 57.8 Å². The van der Waals surface area contributed by atoms with Gasteiger partial charge in [-0.15, -0.1) is 0 Å². The number of amides is 5. The highest BCUT2D eigenvalue weighted by molar-refractivity contribution is 5.89. The zero-order valence-corrected chi connectivity index (χ0v) is 72.5. The van der Waals surface area contributed by atoms with E-state index in [4.69, 9.17) is 66.3 Å². The first-order chi connectivity index (χ1) is 61.9. The van der Waals surface area contributed by atoms with Crippen LogP contribution >= 0.6 is 0 Å². The molecule has 0 aromatic carbocycles. The fourth-order valence-electron chi connectivity index (χ4n) is 15.3. The Hall–Kier alpha value is -5.12. The normalized spacial score (nSPS) is 37.0. The van der Waals surface area contributed by atoms with E-state index in [1.54, 1.807) is 6.92 Å². The highest BCUT2D eigenvalue weighted by Crippen LogP contribution is 2.35. The molecule has 28 N–H and O–H groups in total. The van der Waals surface area contributed by atoms with Gasteiger partial charge in [0.05, 0.1) is 65.6 Å². The van der Waals surface area contributed by atoms with Crippen LogP contribution in [0.5, 0.6) is 0 Å². The second-order valence-corrected chi connectivity index (χ2v) is 33.3. The van der Waals surface area contributed by atoms with Gasteiger partial charge in [0.2, 0.25) is 29.5 Å². The molecule has 5 amide bonds. The summed E-state index contributed by atoms with van der Waals surface area (Å²) < 4.78 is 78.3. The molecule has 7 fully saturated rings. The van der Waals surface area contributed by atoms with Gasteiger partial charge < -0.3 is 210 Å². The van der Waals surface area contributed by atoms with Gasteiger partial charge in [0.15, 0.2) is 44.0 Å². The van der Waals surface area contributed by atoms with Crippen molar-refractivity contribution in [3.05, 3.63) is 0 Å². The molecule has 37 atom stereocenters. The van der Waals surface area contributed by atoms with E-state index in [-0.39, 0.29) is 128 Å². The smallest absolute Gasteiger partial charge is 0.242 e. The zero-order valence-electron chi connectivity index (χ0n) is 72.5. The monoisotopic (exact) mass is 1890 g/mol. The van der Waals surface area contributed by atoms with Crippen molar-refractivity contribution < 1.29 is 222 Å². The lowest BCUT2D eigenvalue weighted by molar-refractivity contribution is -0.366. The van der Waals surface area contributed by atoms with Gasteiger partial charge in [-0.25, -0.2) is 0 Å². The lowest BCUT2D eigenvalue weighted by Gasteiger charge is -2.46. The van der Waals surface area contributed by atoms with Gasteiger partial charge in [-0.2, -0.15) is 0 Å². The fourth-order valence-corrected chi connectivity index (χ4v) is 15.3. The predicted octanol–water partition coefficient (Wildman–Crippen LogP) is -13.0. The summed E-state index contributed by atoms with van der Waals surface area (Å²) in [5, 5.41) is 254. The quantitative estimate of drug-likeness (QED) is 0.0251. The third-order valence-electron chi connectivity index (χ3n) is 23.4. The highest BCUT2D eigenvalue weighted by Gasteiger charge is 2.56. The minimum absolute atomic E-state index is 0.00847. The highest BCUT2D eigenvalue weighted by atomic mass is 16.8. The summed E-state index contributed by atoms with van der Waals surface area (Å²) in [6.45, 7) is -2.96. The average Bonchev–Trinajstić information content (AvgIpc) is 0.784. The number of hydrogen-bond acceptors (Lipinski definition) is 45. The molecule has 7 aliphatic heterocycles.